The van der Waals surface area contributed by atoms with Crippen LogP contribution in [0.2, 0.25) is 5.02 Å². The number of primary amides is 1. The lowest BCUT2D eigenvalue weighted by Gasteiger charge is -2.26. The Bertz CT molecular complexity index is 2190. The molecule has 67 heavy (non-hydrogen) atoms. The van der Waals surface area contributed by atoms with Crippen LogP contribution in [-0.2, 0) is 48.1 Å². The number of Topliss-reactive ketones (excluding diaryl/α,β-unsaturated/α-hetero) is 2. The van der Waals surface area contributed by atoms with Gasteiger partial charge in [-0.05, 0) is 120 Å². The van der Waals surface area contributed by atoms with Crippen LogP contribution in [-0.4, -0.2) is 82.4 Å². The maximum atomic E-state index is 14.6. The summed E-state index contributed by atoms with van der Waals surface area (Å²) >= 11 is 6.17. The van der Waals surface area contributed by atoms with Crippen LogP contribution in [0, 0.1) is 35.8 Å². The van der Waals surface area contributed by atoms with E-state index >= 15 is 0 Å². The zero-order valence-corrected chi connectivity index (χ0v) is 39.4. The Hall–Kier alpha value is -6.76. The number of ether oxygens (including phenoxy) is 2. The fourth-order valence-electron chi connectivity index (χ4n) is 7.23. The Balaban J connectivity index is 1.90. The molecule has 0 fully saturated rings. The zero-order valence-electron chi connectivity index (χ0n) is 38.6. The van der Waals surface area contributed by atoms with Crippen LogP contribution in [0.25, 0.3) is 0 Å². The molecule has 4 atom stereocenters. The summed E-state index contributed by atoms with van der Waals surface area (Å²) in [7, 11) is 0. The van der Waals surface area contributed by atoms with Gasteiger partial charge in [0.05, 0.1) is 12.1 Å². The third kappa shape index (κ3) is 20.5. The number of hydrogen-bond acceptors (Lipinski definition) is 11. The number of aryl methyl sites for hydroxylation is 2. The number of halogens is 1. The first-order valence-electron chi connectivity index (χ1n) is 22.0. The predicted molar refractivity (Wildman–Crippen MR) is 251 cm³/mol. The second-order valence-electron chi connectivity index (χ2n) is 17.2. The van der Waals surface area contributed by atoms with E-state index in [0.717, 1.165) is 5.56 Å². The van der Waals surface area contributed by atoms with Gasteiger partial charge in [-0.3, -0.25) is 19.2 Å². The topological polar surface area (TPSA) is 297 Å². The standard InChI is InChI=1S/C47H63ClN8O11/c1-29-22-35(57)23-30(2)36(29)25-34(27-41(59)39(54-46(63)67-47(3,4)5)19-13-21-51-44(50)55-56(64)65)43(61)53-38(40(58)26-33(42(49)60)24-31-14-7-6-8-15-31)18-11-12-20-52-45(62)66-28-32-16-9-10-17-37(32)48/h6-10,14-17,22-23,33-34,38-39,57H,11-13,18-21,24-28H2,1-5H3,(H2,49,60)(H,52,62)(H,53,61)(H,54,63)(H3,50,51,55)/t33-,34?,38+,39-/m1/s1. The number of alkyl carbamates (subject to hydrolysis) is 2. The molecule has 0 aliphatic heterocycles. The van der Waals surface area contributed by atoms with E-state index in [2.05, 4.69) is 26.4 Å². The van der Waals surface area contributed by atoms with Gasteiger partial charge in [0, 0.05) is 48.4 Å². The van der Waals surface area contributed by atoms with Gasteiger partial charge in [0.1, 0.15) is 23.1 Å². The molecule has 3 aromatic carbocycles. The lowest BCUT2D eigenvalue weighted by atomic mass is 9.86. The second kappa shape index (κ2) is 27.0. The Morgan fingerprint density at radius 1 is 0.791 bits per heavy atom. The maximum Gasteiger partial charge on any atom is 0.408 e. The van der Waals surface area contributed by atoms with Crippen LogP contribution in [0.4, 0.5) is 9.59 Å². The van der Waals surface area contributed by atoms with E-state index < -0.39 is 82.5 Å². The van der Waals surface area contributed by atoms with Crippen molar-refractivity contribution in [1.29, 1.82) is 0 Å². The highest BCUT2D eigenvalue weighted by atomic mass is 35.5. The van der Waals surface area contributed by atoms with E-state index in [1.807, 2.05) is 18.2 Å². The van der Waals surface area contributed by atoms with Crippen molar-refractivity contribution in [3.8, 4) is 5.75 Å². The Kier molecular flexibility index (Phi) is 22.0. The van der Waals surface area contributed by atoms with Crippen LogP contribution >= 0.6 is 11.6 Å². The molecule has 4 amide bonds. The first-order chi connectivity index (χ1) is 31.6. The van der Waals surface area contributed by atoms with Gasteiger partial charge >= 0.3 is 12.2 Å². The number of hydrogen-bond donors (Lipinski definition) is 7. The summed E-state index contributed by atoms with van der Waals surface area (Å²) in [6, 6.07) is 16.7. The van der Waals surface area contributed by atoms with Crippen molar-refractivity contribution < 1.29 is 48.4 Å². The number of nitrogens with two attached hydrogens (primary N) is 2. The van der Waals surface area contributed by atoms with E-state index in [0.29, 0.717) is 40.1 Å². The number of nitro groups is 1. The number of guanidine groups is 1. The number of phenolic OH excluding ortho intramolecular Hbond substituents is 1. The highest BCUT2D eigenvalue weighted by molar-refractivity contribution is 6.31. The summed E-state index contributed by atoms with van der Waals surface area (Å²) in [6.45, 7) is 8.59. The Morgan fingerprint density at radius 3 is 1.99 bits per heavy atom. The first kappa shape index (κ1) is 54.6. The van der Waals surface area contributed by atoms with E-state index in [1.165, 1.54) is 12.1 Å². The number of benzene rings is 3. The van der Waals surface area contributed by atoms with Gasteiger partial charge in [-0.25, -0.2) is 19.7 Å². The molecule has 0 heterocycles. The molecule has 3 aromatic rings. The number of carbonyl (C=O) groups excluding carboxylic acids is 6. The lowest BCUT2D eigenvalue weighted by molar-refractivity contribution is -0.485. The third-order valence-corrected chi connectivity index (χ3v) is 10.9. The van der Waals surface area contributed by atoms with Crippen molar-refractivity contribution in [2.75, 3.05) is 13.1 Å². The maximum absolute atomic E-state index is 14.6. The smallest absolute Gasteiger partial charge is 0.408 e. The number of aromatic hydroxyl groups is 1. The lowest BCUT2D eigenvalue weighted by Crippen LogP contribution is -2.48. The molecule has 3 rings (SSSR count). The fraction of sp³-hybridized carbons (Fsp3) is 0.468. The molecule has 20 heteroatoms. The second-order valence-corrected chi connectivity index (χ2v) is 17.6. The van der Waals surface area contributed by atoms with E-state index in [1.54, 1.807) is 71.0 Å². The number of nitrogens with one attached hydrogen (secondary N) is 4. The minimum absolute atomic E-state index is 0.00103. The van der Waals surface area contributed by atoms with Gasteiger partial charge in [0.25, 0.3) is 5.96 Å². The van der Waals surface area contributed by atoms with Crippen LogP contribution < -0.4 is 32.7 Å². The van der Waals surface area contributed by atoms with Crippen LogP contribution in [0.1, 0.15) is 93.5 Å². The van der Waals surface area contributed by atoms with Crippen molar-refractivity contribution >= 4 is 53.1 Å². The zero-order chi connectivity index (χ0) is 49.7. The minimum Gasteiger partial charge on any atom is -0.508 e. The van der Waals surface area contributed by atoms with Crippen LogP contribution in [0.3, 0.4) is 0 Å². The van der Waals surface area contributed by atoms with Crippen LogP contribution in [0.15, 0.2) is 71.8 Å². The molecular weight excluding hydrogens is 888 g/mol. The number of nitrogens with zero attached hydrogens (tertiary/aromatic N) is 2. The van der Waals surface area contributed by atoms with E-state index in [9.17, 15) is 44.0 Å². The van der Waals surface area contributed by atoms with E-state index in [4.69, 9.17) is 32.5 Å². The van der Waals surface area contributed by atoms with Gasteiger partial charge in [0.2, 0.25) is 11.8 Å². The van der Waals surface area contributed by atoms with Crippen molar-refractivity contribution in [1.82, 2.24) is 21.3 Å². The summed E-state index contributed by atoms with van der Waals surface area (Å²) in [4.78, 5) is 92.0. The summed E-state index contributed by atoms with van der Waals surface area (Å²) in [5.41, 5.74) is 13.8. The average Bonchev–Trinajstić information content (AvgIpc) is 3.23. The minimum atomic E-state index is -1.20. The van der Waals surface area contributed by atoms with Crippen LogP contribution in [0.5, 0.6) is 5.75 Å². The van der Waals surface area contributed by atoms with E-state index in [-0.39, 0.29) is 64.0 Å². The number of carbonyl (C=O) groups is 6. The molecule has 1 unspecified atom stereocenters. The average molecular weight is 952 g/mol. The first-order valence-corrected chi connectivity index (χ1v) is 22.3. The molecule has 0 spiro atoms. The quantitative estimate of drug-likeness (QED) is 0.0174. The van der Waals surface area contributed by atoms with Gasteiger partial charge in [-0.15, -0.1) is 0 Å². The van der Waals surface area contributed by atoms with Crippen molar-refractivity contribution in [2.24, 2.45) is 28.4 Å². The summed E-state index contributed by atoms with van der Waals surface area (Å²) in [5.74, 6) is -4.88. The molecule has 0 aromatic heterocycles. The number of hydrazone groups is 1. The molecule has 0 aliphatic rings. The van der Waals surface area contributed by atoms with Crippen molar-refractivity contribution in [3.63, 3.8) is 0 Å². The number of unbranched alkanes of at least 4 members (excludes halogenated alkanes) is 1. The number of phenols is 1. The monoisotopic (exact) mass is 950 g/mol. The molecule has 0 aliphatic carbocycles. The molecular formula is C47H63ClN8O11. The molecule has 0 saturated carbocycles. The number of amides is 4. The molecule has 19 nitrogen and oxygen atoms in total. The van der Waals surface area contributed by atoms with Crippen molar-refractivity contribution in [3.05, 3.63) is 110 Å². The molecule has 9 N–H and O–H groups in total. The highest BCUT2D eigenvalue weighted by Gasteiger charge is 2.33. The SMILES string of the molecule is Cc1cc(O)cc(C)c1CC(CC(=O)[C@@H](CCCN/C(N)=N\[N+](=O)[O-])NC(=O)OC(C)(C)C)C(=O)N[C@@H](CCCCNC(=O)OCc1ccccc1Cl)C(=O)C[C@@H](Cc1ccccc1)C(N)=O. The van der Waals surface area contributed by atoms with Gasteiger partial charge in [-0.1, -0.05) is 60.1 Å². The predicted octanol–water partition coefficient (Wildman–Crippen LogP) is 5.43. The molecule has 0 saturated heterocycles. The molecule has 0 bridgehead atoms. The Labute approximate surface area is 395 Å². The summed E-state index contributed by atoms with van der Waals surface area (Å²) < 4.78 is 10.7. The highest BCUT2D eigenvalue weighted by Crippen LogP contribution is 2.26. The summed E-state index contributed by atoms with van der Waals surface area (Å²) in [6.07, 6.45) is -1.17. The van der Waals surface area contributed by atoms with Crippen molar-refractivity contribution in [2.45, 2.75) is 117 Å². The normalized spacial score (nSPS) is 13.3. The largest absolute Gasteiger partial charge is 0.508 e. The fourth-order valence-corrected chi connectivity index (χ4v) is 7.42. The van der Waals surface area contributed by atoms with Gasteiger partial charge in [-0.2, -0.15) is 0 Å². The summed E-state index contributed by atoms with van der Waals surface area (Å²) in [5, 5.41) is 34.2. The van der Waals surface area contributed by atoms with Gasteiger partial charge in [0.15, 0.2) is 16.6 Å². The Morgan fingerprint density at radius 2 is 1.37 bits per heavy atom. The number of ketones is 2. The molecule has 364 valence electrons. The number of rotatable bonds is 26. The van der Waals surface area contributed by atoms with Gasteiger partial charge < -0.3 is 47.3 Å². The third-order valence-electron chi connectivity index (χ3n) is 10.6. The molecule has 0 radical (unpaired) electrons.